The number of fused-ring (bicyclic) bond motifs is 1. The number of carbonyl (C=O) groups excluding carboxylic acids is 5. The van der Waals surface area contributed by atoms with Crippen molar-refractivity contribution in [3.63, 3.8) is 0 Å². The smallest absolute Gasteiger partial charge is 0.347 e. The molecule has 1 aliphatic heterocycles. The van der Waals surface area contributed by atoms with Gasteiger partial charge in [-0.05, 0) is 81.3 Å². The normalized spacial score (nSPS) is 13.5. The first-order chi connectivity index (χ1) is 26.1. The molecule has 0 bridgehead atoms. The number of primary sulfonamides is 1. The van der Waals surface area contributed by atoms with Gasteiger partial charge in [-0.3, -0.25) is 14.4 Å². The highest BCUT2D eigenvalue weighted by Gasteiger charge is 2.28. The Bertz CT molecular complexity index is 2300. The van der Waals surface area contributed by atoms with Crippen molar-refractivity contribution in [1.29, 1.82) is 0 Å². The number of aromatic nitrogens is 1. The van der Waals surface area contributed by atoms with Gasteiger partial charge in [-0.1, -0.05) is 18.5 Å². The summed E-state index contributed by atoms with van der Waals surface area (Å²) < 4.78 is 45.2. The molecular formula is C37H38ClN5O11S. The number of furan rings is 1. The van der Waals surface area contributed by atoms with Crippen molar-refractivity contribution in [3.05, 3.63) is 93.2 Å². The van der Waals surface area contributed by atoms with Crippen LogP contribution in [0.2, 0.25) is 5.02 Å². The second-order valence-electron chi connectivity index (χ2n) is 12.4. The fourth-order valence-electron chi connectivity index (χ4n) is 5.59. The summed E-state index contributed by atoms with van der Waals surface area (Å²) in [5.41, 5.74) is 3.43. The van der Waals surface area contributed by atoms with Gasteiger partial charge in [-0.2, -0.15) is 0 Å². The van der Waals surface area contributed by atoms with Crippen LogP contribution < -0.4 is 25.8 Å². The third-order valence-corrected chi connectivity index (χ3v) is 9.71. The van der Waals surface area contributed by atoms with E-state index in [0.717, 1.165) is 12.5 Å². The highest BCUT2D eigenvalue weighted by atomic mass is 35.5. The van der Waals surface area contributed by atoms with Gasteiger partial charge in [0.15, 0.2) is 6.10 Å². The third-order valence-electron chi connectivity index (χ3n) is 8.33. The van der Waals surface area contributed by atoms with E-state index in [1.165, 1.54) is 31.4 Å². The van der Waals surface area contributed by atoms with E-state index in [2.05, 4.69) is 20.9 Å². The summed E-state index contributed by atoms with van der Waals surface area (Å²) in [7, 11) is -4.34. The number of aryl methyl sites for hydroxylation is 1. The van der Waals surface area contributed by atoms with Gasteiger partial charge < -0.3 is 39.6 Å². The van der Waals surface area contributed by atoms with Crippen molar-refractivity contribution in [3.8, 4) is 5.75 Å². The molecule has 290 valence electrons. The average molecular weight is 796 g/mol. The molecular weight excluding hydrogens is 758 g/mol. The number of halogens is 1. The number of anilines is 2. The quantitative estimate of drug-likeness (QED) is 0.0617. The molecule has 0 spiro atoms. The average Bonchev–Trinajstić information content (AvgIpc) is 3.83. The Hall–Kier alpha value is -5.91. The van der Waals surface area contributed by atoms with Crippen molar-refractivity contribution < 1.29 is 51.0 Å². The van der Waals surface area contributed by atoms with E-state index in [1.54, 1.807) is 38.1 Å². The Morgan fingerprint density at radius 1 is 1.11 bits per heavy atom. The molecule has 1 unspecified atom stereocenters. The number of sulfonamides is 1. The monoisotopic (exact) mass is 795 g/mol. The Morgan fingerprint density at radius 3 is 2.56 bits per heavy atom. The number of carbonyl (C=O) groups is 5. The Kier molecular flexibility index (Phi) is 12.5. The predicted molar refractivity (Wildman–Crippen MR) is 201 cm³/mol. The van der Waals surface area contributed by atoms with Crippen LogP contribution in [-0.2, 0) is 40.4 Å². The number of esters is 3. The minimum Gasteiger partial charge on any atom is -0.467 e. The van der Waals surface area contributed by atoms with Gasteiger partial charge in [0.25, 0.3) is 11.8 Å². The molecule has 16 nitrogen and oxygen atoms in total. The van der Waals surface area contributed by atoms with E-state index in [0.29, 0.717) is 46.1 Å². The number of hydrogen-bond donors (Lipinski definition) is 5. The number of ether oxygens (including phenoxy) is 3. The van der Waals surface area contributed by atoms with E-state index in [9.17, 15) is 32.4 Å². The highest BCUT2D eigenvalue weighted by molar-refractivity contribution is 7.89. The van der Waals surface area contributed by atoms with Crippen LogP contribution in [0.4, 0.5) is 11.4 Å². The van der Waals surface area contributed by atoms with Crippen LogP contribution in [-0.4, -0.2) is 62.4 Å². The molecule has 1 atom stereocenters. The number of nitrogens with one attached hydrogen (secondary N) is 4. The lowest BCUT2D eigenvalue weighted by Crippen LogP contribution is -2.28. The molecule has 5 rings (SSSR count). The van der Waals surface area contributed by atoms with Gasteiger partial charge in [-0.15, -0.1) is 0 Å². The number of rotatable bonds is 15. The molecule has 0 saturated heterocycles. The van der Waals surface area contributed by atoms with Crippen LogP contribution in [0, 0.1) is 13.8 Å². The lowest BCUT2D eigenvalue weighted by molar-refractivity contribution is -0.154. The molecule has 55 heavy (non-hydrogen) atoms. The second kappa shape index (κ2) is 17.0. The predicted octanol–water partition coefficient (Wildman–Crippen LogP) is 4.85. The molecule has 0 saturated carbocycles. The fourth-order valence-corrected chi connectivity index (χ4v) is 6.69. The lowest BCUT2D eigenvalue weighted by Gasteiger charge is -2.16. The highest BCUT2D eigenvalue weighted by Crippen LogP contribution is 2.37. The van der Waals surface area contributed by atoms with E-state index in [4.69, 9.17) is 35.4 Å². The lowest BCUT2D eigenvalue weighted by atomic mass is 10.0. The summed E-state index contributed by atoms with van der Waals surface area (Å²) in [6, 6.07) is 10.0. The zero-order chi connectivity index (χ0) is 40.0. The van der Waals surface area contributed by atoms with Crippen LogP contribution in [0.5, 0.6) is 5.75 Å². The minimum atomic E-state index is -4.34. The maximum absolute atomic E-state index is 13.1. The first-order valence-electron chi connectivity index (χ1n) is 16.9. The molecule has 2 aromatic carbocycles. The first kappa shape index (κ1) is 40.3. The molecule has 4 aromatic rings. The maximum atomic E-state index is 13.1. The summed E-state index contributed by atoms with van der Waals surface area (Å²) >= 11 is 6.12. The molecule has 2 aromatic heterocycles. The summed E-state index contributed by atoms with van der Waals surface area (Å²) in [5, 5.41) is 13.5. The van der Waals surface area contributed by atoms with E-state index < -0.39 is 45.5 Å². The number of amides is 2. The minimum absolute atomic E-state index is 0.0759. The zero-order valence-electron chi connectivity index (χ0n) is 30.2. The number of H-pyrrole nitrogens is 1. The molecule has 0 radical (unpaired) electrons. The summed E-state index contributed by atoms with van der Waals surface area (Å²) in [5.74, 6) is -2.83. The van der Waals surface area contributed by atoms with Gasteiger partial charge in [0.05, 0.1) is 46.6 Å². The number of nitrogens with two attached hydrogens (primary N) is 1. The molecule has 0 aliphatic carbocycles. The first-order valence-corrected chi connectivity index (χ1v) is 18.9. The van der Waals surface area contributed by atoms with E-state index in [-0.39, 0.29) is 52.4 Å². The van der Waals surface area contributed by atoms with E-state index in [1.807, 2.05) is 6.92 Å². The molecule has 6 N–H and O–H groups in total. The summed E-state index contributed by atoms with van der Waals surface area (Å²) in [4.78, 5) is 66.8. The Morgan fingerprint density at radius 2 is 1.87 bits per heavy atom. The van der Waals surface area contributed by atoms with Gasteiger partial charge in [0.1, 0.15) is 23.0 Å². The molecule has 3 heterocycles. The number of benzene rings is 2. The molecule has 18 heteroatoms. The largest absolute Gasteiger partial charge is 0.467 e. The van der Waals surface area contributed by atoms with Gasteiger partial charge in [-0.25, -0.2) is 23.1 Å². The Balaban J connectivity index is 1.19. The number of aromatic amines is 1. The van der Waals surface area contributed by atoms with Crippen LogP contribution in [0.1, 0.15) is 75.7 Å². The third kappa shape index (κ3) is 9.61. The maximum Gasteiger partial charge on any atom is 0.347 e. The van der Waals surface area contributed by atoms with Crippen LogP contribution >= 0.6 is 11.6 Å². The Labute approximate surface area is 320 Å². The molecule has 1 aliphatic rings. The number of hydrogen-bond acceptors (Lipinski definition) is 12. The van der Waals surface area contributed by atoms with Crippen molar-refractivity contribution >= 4 is 74.4 Å². The van der Waals surface area contributed by atoms with Crippen LogP contribution in [0.15, 0.2) is 58.0 Å². The SMILES string of the molecule is CCCNC(=O)c1c(C)[nH]c(/C=C2\C(=O)Nc3ccc(OC(=O)CCOC(=O)C(C)OC(=O)c4cc(S(N)(=O)=O)c(Cl)cc4NCc4ccco4)cc32)c1C. The second-order valence-corrected chi connectivity index (χ2v) is 14.3. The van der Waals surface area contributed by atoms with E-state index >= 15 is 0 Å². The topological polar surface area (TPSA) is 238 Å². The van der Waals surface area contributed by atoms with Gasteiger partial charge in [0, 0.05) is 29.2 Å². The summed E-state index contributed by atoms with van der Waals surface area (Å²) in [6.45, 7) is 6.93. The van der Waals surface area contributed by atoms with Crippen molar-refractivity contribution in [2.45, 2.75) is 58.1 Å². The van der Waals surface area contributed by atoms with Gasteiger partial charge in [0.2, 0.25) is 10.0 Å². The van der Waals surface area contributed by atoms with Crippen LogP contribution in [0.25, 0.3) is 11.6 Å². The molecule has 2 amide bonds. The summed E-state index contributed by atoms with van der Waals surface area (Å²) in [6.07, 6.45) is 2.01. The molecule has 0 fully saturated rings. The standard InChI is InChI=1S/C37H38ClN5O11S/c1-5-11-40-35(46)33-19(2)29(42-20(33)3)15-25-24-14-22(8-9-28(24)43-34(25)45)54-32(44)10-13-52-36(47)21(4)53-37(48)26-16-31(55(39,49)50)27(38)17-30(26)41-18-23-7-6-12-51-23/h6-9,12,14-17,21,41-42H,5,10-11,13,18H2,1-4H3,(H,40,46)(H,43,45)(H2,39,49,50)/b25-15-. The van der Waals surface area contributed by atoms with Gasteiger partial charge >= 0.3 is 17.9 Å². The van der Waals surface area contributed by atoms with Crippen molar-refractivity contribution in [2.24, 2.45) is 5.14 Å². The van der Waals surface area contributed by atoms with Crippen molar-refractivity contribution in [2.75, 3.05) is 23.8 Å². The zero-order valence-corrected chi connectivity index (χ0v) is 31.7. The fraction of sp³-hybridized carbons (Fsp3) is 0.270. The van der Waals surface area contributed by atoms with Crippen LogP contribution in [0.3, 0.4) is 0 Å². The van der Waals surface area contributed by atoms with Crippen molar-refractivity contribution in [1.82, 2.24) is 10.3 Å².